The number of nitrogens with zero attached hydrogens (tertiary/aromatic N) is 1. The summed E-state index contributed by atoms with van der Waals surface area (Å²) in [5, 5.41) is 5.63. The van der Waals surface area contributed by atoms with Gasteiger partial charge in [0.2, 0.25) is 11.8 Å². The van der Waals surface area contributed by atoms with Crippen molar-refractivity contribution in [3.63, 3.8) is 0 Å². The van der Waals surface area contributed by atoms with Crippen molar-refractivity contribution >= 4 is 11.8 Å². The lowest BCUT2D eigenvalue weighted by molar-refractivity contribution is -0.126. The maximum Gasteiger partial charge on any atom is 0.246 e. The number of rotatable bonds is 12. The fourth-order valence-electron chi connectivity index (χ4n) is 2.88. The lowest BCUT2D eigenvalue weighted by Gasteiger charge is -2.08. The third kappa shape index (κ3) is 8.67. The van der Waals surface area contributed by atoms with Crippen molar-refractivity contribution < 1.29 is 19.1 Å². The van der Waals surface area contributed by atoms with Gasteiger partial charge in [0.25, 0.3) is 0 Å². The second kappa shape index (κ2) is 13.0. The Morgan fingerprint density at radius 3 is 1.50 bits per heavy atom. The molecule has 0 atom stereocenters. The molecule has 2 N–H and O–H groups in total. The van der Waals surface area contributed by atoms with Gasteiger partial charge in [-0.25, -0.2) is 0 Å². The van der Waals surface area contributed by atoms with Crippen LogP contribution >= 0.6 is 0 Å². The molecule has 0 radical (unpaired) electrons. The van der Waals surface area contributed by atoms with Crippen molar-refractivity contribution in [2.75, 3.05) is 13.2 Å². The van der Waals surface area contributed by atoms with E-state index in [1.807, 2.05) is 78.9 Å². The van der Waals surface area contributed by atoms with E-state index in [-0.39, 0.29) is 38.2 Å². The molecule has 0 fully saturated rings. The summed E-state index contributed by atoms with van der Waals surface area (Å²) >= 11 is 0. The molecular weight excluding hydrogens is 406 g/mol. The highest BCUT2D eigenvalue weighted by Crippen LogP contribution is 2.04. The van der Waals surface area contributed by atoms with Gasteiger partial charge >= 0.3 is 0 Å². The van der Waals surface area contributed by atoms with E-state index in [0.29, 0.717) is 24.5 Å². The lowest BCUT2D eigenvalue weighted by atomic mass is 10.2. The maximum atomic E-state index is 11.9. The molecular formula is C25H27N3O4. The van der Waals surface area contributed by atoms with E-state index in [9.17, 15) is 9.59 Å². The van der Waals surface area contributed by atoms with Crippen molar-refractivity contribution in [2.45, 2.75) is 26.3 Å². The lowest BCUT2D eigenvalue weighted by Crippen LogP contribution is -2.27. The van der Waals surface area contributed by atoms with Crippen LogP contribution in [0.5, 0.6) is 0 Å². The van der Waals surface area contributed by atoms with Crippen LogP contribution in [-0.4, -0.2) is 30.0 Å². The van der Waals surface area contributed by atoms with Crippen LogP contribution in [0, 0.1) is 0 Å². The Hall–Kier alpha value is -3.55. The number of aromatic nitrogens is 1. The highest BCUT2D eigenvalue weighted by molar-refractivity contribution is 5.77. The third-order valence-corrected chi connectivity index (χ3v) is 4.50. The second-order valence-electron chi connectivity index (χ2n) is 7.13. The Balaban J connectivity index is 1.31. The normalized spacial score (nSPS) is 10.5. The fraction of sp³-hybridized carbons (Fsp3) is 0.240. The quantitative estimate of drug-likeness (QED) is 0.459. The van der Waals surface area contributed by atoms with Crippen LogP contribution < -0.4 is 10.6 Å². The molecule has 2 amide bonds. The maximum absolute atomic E-state index is 11.9. The van der Waals surface area contributed by atoms with Gasteiger partial charge in [-0.3, -0.25) is 14.6 Å². The van der Waals surface area contributed by atoms with E-state index >= 15 is 0 Å². The van der Waals surface area contributed by atoms with Gasteiger partial charge in [0.1, 0.15) is 13.2 Å². The van der Waals surface area contributed by atoms with E-state index in [2.05, 4.69) is 15.6 Å². The van der Waals surface area contributed by atoms with Crippen LogP contribution in [0.3, 0.4) is 0 Å². The molecule has 0 saturated heterocycles. The first kappa shape index (κ1) is 23.1. The zero-order valence-corrected chi connectivity index (χ0v) is 17.8. The fourth-order valence-corrected chi connectivity index (χ4v) is 2.88. The number of hydrogen-bond donors (Lipinski definition) is 2. The van der Waals surface area contributed by atoms with Crippen molar-refractivity contribution in [2.24, 2.45) is 0 Å². The minimum atomic E-state index is -0.185. The average Bonchev–Trinajstić information content (AvgIpc) is 2.83. The number of carbonyl (C=O) groups is 2. The van der Waals surface area contributed by atoms with Crippen LogP contribution in [-0.2, 0) is 45.4 Å². The molecule has 7 nitrogen and oxygen atoms in total. The summed E-state index contributed by atoms with van der Waals surface area (Å²) in [4.78, 5) is 28.3. The number of nitrogens with one attached hydrogen (secondary N) is 2. The Morgan fingerprint density at radius 2 is 1.06 bits per heavy atom. The van der Waals surface area contributed by atoms with Crippen LogP contribution in [0.25, 0.3) is 0 Å². The number of hydrogen-bond acceptors (Lipinski definition) is 5. The second-order valence-corrected chi connectivity index (χ2v) is 7.13. The third-order valence-electron chi connectivity index (χ3n) is 4.50. The topological polar surface area (TPSA) is 89.5 Å². The zero-order valence-electron chi connectivity index (χ0n) is 17.8. The minimum Gasteiger partial charge on any atom is -0.365 e. The summed E-state index contributed by atoms with van der Waals surface area (Å²) in [6, 6.07) is 24.9. The molecule has 7 heteroatoms. The van der Waals surface area contributed by atoms with Crippen LogP contribution in [0.1, 0.15) is 22.5 Å². The highest BCUT2D eigenvalue weighted by atomic mass is 16.5. The van der Waals surface area contributed by atoms with Crippen molar-refractivity contribution in [3.05, 3.63) is 101 Å². The highest BCUT2D eigenvalue weighted by Gasteiger charge is 2.05. The molecule has 0 aliphatic heterocycles. The molecule has 0 spiro atoms. The summed E-state index contributed by atoms with van der Waals surface area (Å²) in [5.74, 6) is -0.371. The predicted molar refractivity (Wildman–Crippen MR) is 120 cm³/mol. The van der Waals surface area contributed by atoms with Gasteiger partial charge in [0, 0.05) is 13.1 Å². The number of ether oxygens (including phenoxy) is 2. The summed E-state index contributed by atoms with van der Waals surface area (Å²) in [7, 11) is 0. The standard InChI is InChI=1S/C25H27N3O4/c29-24(26-14-20-8-3-1-4-9-20)18-31-16-22-12-7-13-23(28-22)17-32-19-25(30)27-15-21-10-5-2-6-11-21/h1-13H,14-19H2,(H,26,29)(H,27,30). The summed E-state index contributed by atoms with van der Waals surface area (Å²) < 4.78 is 10.9. The van der Waals surface area contributed by atoms with Gasteiger partial charge in [-0.15, -0.1) is 0 Å². The first-order valence-corrected chi connectivity index (χ1v) is 10.4. The van der Waals surface area contributed by atoms with Gasteiger partial charge in [0.05, 0.1) is 24.6 Å². The molecule has 3 aromatic rings. The Bertz CT molecular complexity index is 904. The minimum absolute atomic E-state index is 0.0448. The number of amides is 2. The molecule has 1 heterocycles. The molecule has 32 heavy (non-hydrogen) atoms. The van der Waals surface area contributed by atoms with Crippen LogP contribution in [0.15, 0.2) is 78.9 Å². The van der Waals surface area contributed by atoms with Gasteiger partial charge in [-0.2, -0.15) is 0 Å². The summed E-state index contributed by atoms with van der Waals surface area (Å²) in [5.41, 5.74) is 3.44. The van der Waals surface area contributed by atoms with E-state index in [4.69, 9.17) is 9.47 Å². The molecule has 2 aromatic carbocycles. The van der Waals surface area contributed by atoms with Gasteiger partial charge in [-0.05, 0) is 23.3 Å². The Morgan fingerprint density at radius 1 is 0.625 bits per heavy atom. The molecule has 166 valence electrons. The van der Waals surface area contributed by atoms with E-state index in [1.165, 1.54) is 0 Å². The first-order chi connectivity index (χ1) is 15.7. The number of pyridine rings is 1. The summed E-state index contributed by atoms with van der Waals surface area (Å²) in [6.07, 6.45) is 0. The first-order valence-electron chi connectivity index (χ1n) is 10.4. The molecule has 0 saturated carbocycles. The van der Waals surface area contributed by atoms with Crippen LogP contribution in [0.2, 0.25) is 0 Å². The summed E-state index contributed by atoms with van der Waals surface area (Å²) in [6.45, 7) is 1.27. The molecule has 0 bridgehead atoms. The van der Waals surface area contributed by atoms with Gasteiger partial charge in [0.15, 0.2) is 0 Å². The molecule has 0 aliphatic rings. The van der Waals surface area contributed by atoms with Crippen molar-refractivity contribution in [3.8, 4) is 0 Å². The van der Waals surface area contributed by atoms with E-state index in [1.54, 1.807) is 0 Å². The van der Waals surface area contributed by atoms with Crippen LogP contribution in [0.4, 0.5) is 0 Å². The van der Waals surface area contributed by atoms with E-state index < -0.39 is 0 Å². The predicted octanol–water partition coefficient (Wildman–Crippen LogP) is 2.75. The van der Waals surface area contributed by atoms with Gasteiger partial charge < -0.3 is 20.1 Å². The Labute approximate surface area is 187 Å². The van der Waals surface area contributed by atoms with Crippen molar-refractivity contribution in [1.29, 1.82) is 0 Å². The monoisotopic (exact) mass is 433 g/mol. The molecule has 1 aromatic heterocycles. The molecule has 3 rings (SSSR count). The zero-order chi connectivity index (χ0) is 22.4. The van der Waals surface area contributed by atoms with E-state index in [0.717, 1.165) is 11.1 Å². The van der Waals surface area contributed by atoms with Crippen molar-refractivity contribution in [1.82, 2.24) is 15.6 Å². The number of benzene rings is 2. The number of carbonyl (C=O) groups excluding carboxylic acids is 2. The molecule has 0 aliphatic carbocycles. The SMILES string of the molecule is O=C(COCc1cccc(COCC(=O)NCc2ccccc2)n1)NCc1ccccc1. The smallest absolute Gasteiger partial charge is 0.246 e. The average molecular weight is 434 g/mol. The largest absolute Gasteiger partial charge is 0.365 e. The molecule has 0 unspecified atom stereocenters. The van der Waals surface area contributed by atoms with Gasteiger partial charge in [-0.1, -0.05) is 66.7 Å². The Kier molecular flexibility index (Phi) is 9.39.